The van der Waals surface area contributed by atoms with Gasteiger partial charge in [-0.05, 0) is 20.3 Å². The zero-order valence-electron chi connectivity index (χ0n) is 9.93. The van der Waals surface area contributed by atoms with Crippen molar-refractivity contribution in [2.75, 3.05) is 0 Å². The molecule has 2 rings (SSSR count). The molecule has 1 aliphatic heterocycles. The number of ether oxygens (including phenoxy) is 3. The first-order valence-electron chi connectivity index (χ1n) is 5.58. The summed E-state index contributed by atoms with van der Waals surface area (Å²) < 4.78 is 16.8. The molecule has 4 atom stereocenters. The van der Waals surface area contributed by atoms with Gasteiger partial charge in [0.05, 0.1) is 6.10 Å². The van der Waals surface area contributed by atoms with E-state index in [0.717, 1.165) is 6.42 Å². The van der Waals surface area contributed by atoms with Crippen LogP contribution in [0.3, 0.4) is 0 Å². The van der Waals surface area contributed by atoms with Crippen LogP contribution in [0.5, 0.6) is 0 Å². The van der Waals surface area contributed by atoms with Gasteiger partial charge in [0.2, 0.25) is 0 Å². The third kappa shape index (κ3) is 1.99. The normalized spacial score (nSPS) is 40.4. The van der Waals surface area contributed by atoms with Gasteiger partial charge in [-0.15, -0.1) is 6.58 Å². The van der Waals surface area contributed by atoms with Crippen molar-refractivity contribution < 1.29 is 19.0 Å². The van der Waals surface area contributed by atoms with Crippen molar-refractivity contribution in [2.45, 2.75) is 51.3 Å². The van der Waals surface area contributed by atoms with Gasteiger partial charge in [0.1, 0.15) is 12.2 Å². The first kappa shape index (κ1) is 11.6. The van der Waals surface area contributed by atoms with E-state index >= 15 is 0 Å². The maximum atomic E-state index is 11.0. The van der Waals surface area contributed by atoms with Crippen molar-refractivity contribution in [3.63, 3.8) is 0 Å². The molecule has 0 bridgehead atoms. The standard InChI is InChI=1S/C12H18O4/c1-5-8-6-9(14-7(2)13)11-10(8)15-12(3,4)16-11/h5,8-11H,1,6H2,2-4H3/t8-,9-,10+,11-/m1/s1. The Balaban J connectivity index is 2.13. The highest BCUT2D eigenvalue weighted by Gasteiger charge is 2.54. The molecule has 1 saturated heterocycles. The van der Waals surface area contributed by atoms with E-state index in [-0.39, 0.29) is 30.2 Å². The van der Waals surface area contributed by atoms with Crippen molar-refractivity contribution in [1.29, 1.82) is 0 Å². The molecule has 0 amide bonds. The highest BCUT2D eigenvalue weighted by molar-refractivity contribution is 5.66. The molecule has 2 fully saturated rings. The summed E-state index contributed by atoms with van der Waals surface area (Å²) in [5.41, 5.74) is 0. The summed E-state index contributed by atoms with van der Waals surface area (Å²) in [6.07, 6.45) is 2.16. The first-order valence-corrected chi connectivity index (χ1v) is 5.58. The van der Waals surface area contributed by atoms with Gasteiger partial charge in [-0.25, -0.2) is 0 Å². The van der Waals surface area contributed by atoms with Gasteiger partial charge in [-0.3, -0.25) is 4.79 Å². The van der Waals surface area contributed by atoms with E-state index in [4.69, 9.17) is 14.2 Å². The molecule has 0 aromatic rings. The molecule has 2 aliphatic rings. The van der Waals surface area contributed by atoms with E-state index in [9.17, 15) is 4.79 Å². The topological polar surface area (TPSA) is 44.8 Å². The molecule has 0 aromatic heterocycles. The van der Waals surface area contributed by atoms with Gasteiger partial charge in [-0.2, -0.15) is 0 Å². The smallest absolute Gasteiger partial charge is 0.302 e. The van der Waals surface area contributed by atoms with Crippen LogP contribution in [0, 0.1) is 5.92 Å². The molecule has 16 heavy (non-hydrogen) atoms. The number of fused-ring (bicyclic) bond motifs is 1. The minimum atomic E-state index is -0.602. The van der Waals surface area contributed by atoms with Crippen LogP contribution < -0.4 is 0 Å². The minimum absolute atomic E-state index is 0.0446. The highest BCUT2D eigenvalue weighted by Crippen LogP contribution is 2.43. The summed E-state index contributed by atoms with van der Waals surface area (Å²) >= 11 is 0. The second-order valence-corrected chi connectivity index (χ2v) is 4.85. The van der Waals surface area contributed by atoms with Crippen LogP contribution in [-0.2, 0) is 19.0 Å². The van der Waals surface area contributed by atoms with Crippen molar-refractivity contribution in [3.8, 4) is 0 Å². The number of carbonyl (C=O) groups excluding carboxylic acids is 1. The number of hydrogen-bond donors (Lipinski definition) is 0. The Kier molecular flexibility index (Phi) is 2.80. The van der Waals surface area contributed by atoms with Crippen LogP contribution in [0.2, 0.25) is 0 Å². The number of esters is 1. The van der Waals surface area contributed by atoms with Gasteiger partial charge in [-0.1, -0.05) is 6.08 Å². The van der Waals surface area contributed by atoms with Gasteiger partial charge in [0.15, 0.2) is 5.79 Å². The van der Waals surface area contributed by atoms with Crippen LogP contribution in [-0.4, -0.2) is 30.1 Å². The zero-order chi connectivity index (χ0) is 11.9. The Morgan fingerprint density at radius 1 is 1.44 bits per heavy atom. The Hall–Kier alpha value is -0.870. The fourth-order valence-corrected chi connectivity index (χ4v) is 2.53. The lowest BCUT2D eigenvalue weighted by atomic mass is 10.1. The maximum Gasteiger partial charge on any atom is 0.302 e. The third-order valence-electron chi connectivity index (χ3n) is 3.08. The Bertz CT molecular complexity index is 310. The predicted molar refractivity (Wildman–Crippen MR) is 57.7 cm³/mol. The molecule has 1 saturated carbocycles. The van der Waals surface area contributed by atoms with E-state index in [1.54, 1.807) is 0 Å². The van der Waals surface area contributed by atoms with Gasteiger partial charge in [0.25, 0.3) is 0 Å². The molecule has 0 radical (unpaired) electrons. The van der Waals surface area contributed by atoms with Crippen LogP contribution in [0.4, 0.5) is 0 Å². The van der Waals surface area contributed by atoms with Crippen LogP contribution in [0.15, 0.2) is 12.7 Å². The third-order valence-corrected chi connectivity index (χ3v) is 3.08. The summed E-state index contributed by atoms with van der Waals surface area (Å²) in [6.45, 7) is 8.94. The second kappa shape index (κ2) is 3.86. The van der Waals surface area contributed by atoms with E-state index in [1.165, 1.54) is 6.92 Å². The summed E-state index contributed by atoms with van der Waals surface area (Å²) in [4.78, 5) is 11.0. The number of rotatable bonds is 2. The summed E-state index contributed by atoms with van der Waals surface area (Å²) in [6, 6.07) is 0. The number of hydrogen-bond acceptors (Lipinski definition) is 4. The van der Waals surface area contributed by atoms with E-state index in [1.807, 2.05) is 19.9 Å². The van der Waals surface area contributed by atoms with Crippen LogP contribution in [0.1, 0.15) is 27.2 Å². The molecule has 0 N–H and O–H groups in total. The fourth-order valence-electron chi connectivity index (χ4n) is 2.53. The lowest BCUT2D eigenvalue weighted by Gasteiger charge is -2.22. The molecule has 0 aromatic carbocycles. The summed E-state index contributed by atoms with van der Waals surface area (Å²) in [5, 5.41) is 0. The summed E-state index contributed by atoms with van der Waals surface area (Å²) in [7, 11) is 0. The van der Waals surface area contributed by atoms with Gasteiger partial charge < -0.3 is 14.2 Å². The molecule has 1 heterocycles. The Morgan fingerprint density at radius 2 is 2.06 bits per heavy atom. The molecule has 4 nitrogen and oxygen atoms in total. The molecular weight excluding hydrogens is 208 g/mol. The lowest BCUT2D eigenvalue weighted by Crippen LogP contribution is -2.31. The van der Waals surface area contributed by atoms with Crippen LogP contribution in [0.25, 0.3) is 0 Å². The molecule has 4 heteroatoms. The van der Waals surface area contributed by atoms with Crippen molar-refractivity contribution in [3.05, 3.63) is 12.7 Å². The maximum absolute atomic E-state index is 11.0. The molecule has 90 valence electrons. The van der Waals surface area contributed by atoms with Gasteiger partial charge in [0, 0.05) is 12.8 Å². The lowest BCUT2D eigenvalue weighted by molar-refractivity contribution is -0.176. The first-order chi connectivity index (χ1) is 7.43. The predicted octanol–water partition coefficient (Wildman–Crippen LogP) is 1.64. The molecule has 0 spiro atoms. The molecular formula is C12H18O4. The van der Waals surface area contributed by atoms with E-state index < -0.39 is 5.79 Å². The quantitative estimate of drug-likeness (QED) is 0.530. The Morgan fingerprint density at radius 3 is 2.62 bits per heavy atom. The SMILES string of the molecule is C=C[C@@H]1C[C@@H](OC(C)=O)[C@H]2OC(C)(C)O[C@H]21. The van der Waals surface area contributed by atoms with Gasteiger partial charge >= 0.3 is 5.97 Å². The molecule has 1 aliphatic carbocycles. The zero-order valence-corrected chi connectivity index (χ0v) is 9.93. The van der Waals surface area contributed by atoms with E-state index in [2.05, 4.69) is 6.58 Å². The average molecular weight is 226 g/mol. The number of carbonyl (C=O) groups is 1. The average Bonchev–Trinajstić information content (AvgIpc) is 2.60. The largest absolute Gasteiger partial charge is 0.460 e. The Labute approximate surface area is 95.6 Å². The fraction of sp³-hybridized carbons (Fsp3) is 0.750. The van der Waals surface area contributed by atoms with Crippen molar-refractivity contribution in [1.82, 2.24) is 0 Å². The second-order valence-electron chi connectivity index (χ2n) is 4.85. The summed E-state index contributed by atoms with van der Waals surface area (Å²) in [5.74, 6) is -0.687. The van der Waals surface area contributed by atoms with Crippen molar-refractivity contribution in [2.24, 2.45) is 5.92 Å². The van der Waals surface area contributed by atoms with Crippen LogP contribution >= 0.6 is 0 Å². The van der Waals surface area contributed by atoms with Crippen molar-refractivity contribution >= 4 is 5.97 Å². The van der Waals surface area contributed by atoms with E-state index in [0.29, 0.717) is 0 Å². The monoisotopic (exact) mass is 226 g/mol. The highest BCUT2D eigenvalue weighted by atomic mass is 16.8. The minimum Gasteiger partial charge on any atom is -0.460 e. The molecule has 0 unspecified atom stereocenters.